The molecule has 0 heterocycles. The van der Waals surface area contributed by atoms with Gasteiger partial charge in [0.15, 0.2) is 0 Å². The molecule has 0 bridgehead atoms. The lowest BCUT2D eigenvalue weighted by Gasteiger charge is -2.63. The van der Waals surface area contributed by atoms with Crippen molar-refractivity contribution < 1.29 is 14.6 Å². The first-order chi connectivity index (χ1) is 24.7. The highest BCUT2D eigenvalue weighted by atomic mass is 16.5. The summed E-state index contributed by atoms with van der Waals surface area (Å²) >= 11 is 0. The van der Waals surface area contributed by atoms with E-state index in [4.69, 9.17) is 4.74 Å². The Kier molecular flexibility index (Phi) is 13.8. The molecule has 5 aliphatic carbocycles. The highest BCUT2D eigenvalue weighted by Crippen LogP contribution is 2.89. The summed E-state index contributed by atoms with van der Waals surface area (Å²) in [5, 5.41) is 9.99. The van der Waals surface area contributed by atoms with Gasteiger partial charge in [-0.25, -0.2) is 0 Å². The van der Waals surface area contributed by atoms with E-state index in [1.165, 1.54) is 102 Å². The van der Waals surface area contributed by atoms with Crippen molar-refractivity contribution in [1.29, 1.82) is 0 Å². The number of aliphatic hydroxyl groups excluding tert-OH is 1. The van der Waals surface area contributed by atoms with Crippen LogP contribution in [0.25, 0.3) is 0 Å². The summed E-state index contributed by atoms with van der Waals surface area (Å²) in [4.78, 5) is 13.2. The van der Waals surface area contributed by atoms with E-state index in [2.05, 4.69) is 74.1 Å². The Morgan fingerprint density at radius 1 is 0.788 bits per heavy atom. The zero-order chi connectivity index (χ0) is 37.8. The van der Waals surface area contributed by atoms with Crippen LogP contribution in [-0.2, 0) is 9.53 Å². The van der Waals surface area contributed by atoms with Crippen LogP contribution in [0.4, 0.5) is 0 Å². The maximum Gasteiger partial charge on any atom is 0.306 e. The van der Waals surface area contributed by atoms with Gasteiger partial charge in [-0.2, -0.15) is 0 Å². The fraction of sp³-hybridized carbons (Fsp3) is 0.857. The standard InChI is InChI=1S/C49H82O3/c1-10-11-19-22-39(50)23-20-17-15-13-12-14-16-18-21-24-44(51)52-43-30-32-48-35-49(48)34-33-46(8)40(38(5)26-25-37(4)36(2)3)29-31-47(46,9)42(49)28-27-41(48)45(43,6)7/h15,17,20,23,36,38-43,50H,4,10-14,16,18-19,21-22,24-35H2,1-3,5-9H3/b17-15-,23-20+/t38-,39+,40-,41+,42+,43+,46-,47+,48-,49+/m1/s1. The van der Waals surface area contributed by atoms with Crippen molar-refractivity contribution >= 4 is 5.97 Å². The topological polar surface area (TPSA) is 46.5 Å². The van der Waals surface area contributed by atoms with E-state index in [-0.39, 0.29) is 23.6 Å². The Labute approximate surface area is 321 Å². The van der Waals surface area contributed by atoms with Crippen molar-refractivity contribution in [3.63, 3.8) is 0 Å². The van der Waals surface area contributed by atoms with Crippen LogP contribution in [0.15, 0.2) is 36.5 Å². The summed E-state index contributed by atoms with van der Waals surface area (Å²) in [5.41, 5.74) is 3.47. The number of rotatable bonds is 20. The van der Waals surface area contributed by atoms with Gasteiger partial charge in [0.2, 0.25) is 0 Å². The summed E-state index contributed by atoms with van der Waals surface area (Å²) in [6, 6.07) is 0. The van der Waals surface area contributed by atoms with Crippen molar-refractivity contribution in [3.8, 4) is 0 Å². The van der Waals surface area contributed by atoms with Crippen molar-refractivity contribution in [3.05, 3.63) is 36.5 Å². The van der Waals surface area contributed by atoms with Crippen molar-refractivity contribution in [2.75, 3.05) is 0 Å². The Balaban J connectivity index is 1.05. The molecule has 0 aliphatic heterocycles. The molecule has 5 aliphatic rings. The molecular weight excluding hydrogens is 637 g/mol. The second-order valence-electron chi connectivity index (χ2n) is 20.5. The van der Waals surface area contributed by atoms with Gasteiger partial charge in [0, 0.05) is 11.8 Å². The number of carbonyl (C=O) groups is 1. The summed E-state index contributed by atoms with van der Waals surface area (Å²) in [5.74, 6) is 3.85. The fourth-order valence-electron chi connectivity index (χ4n) is 13.7. The summed E-state index contributed by atoms with van der Waals surface area (Å²) in [6.07, 6.45) is 34.3. The van der Waals surface area contributed by atoms with Crippen molar-refractivity contribution in [2.24, 2.45) is 56.7 Å². The molecule has 0 aromatic heterocycles. The van der Waals surface area contributed by atoms with Gasteiger partial charge in [0.1, 0.15) is 6.10 Å². The van der Waals surface area contributed by atoms with E-state index < -0.39 is 0 Å². The largest absolute Gasteiger partial charge is 0.462 e. The smallest absolute Gasteiger partial charge is 0.306 e. The van der Waals surface area contributed by atoms with Gasteiger partial charge in [-0.1, -0.05) is 130 Å². The molecule has 1 N–H and O–H groups in total. The number of carbonyl (C=O) groups excluding carboxylic acids is 1. The van der Waals surface area contributed by atoms with Crippen LogP contribution < -0.4 is 0 Å². The molecule has 5 saturated carbocycles. The molecule has 2 spiro atoms. The molecule has 0 radical (unpaired) electrons. The molecule has 3 heteroatoms. The van der Waals surface area contributed by atoms with Gasteiger partial charge >= 0.3 is 5.97 Å². The third kappa shape index (κ3) is 8.12. The number of allylic oxidation sites excluding steroid dienone is 4. The normalized spacial score (nSPS) is 37.3. The van der Waals surface area contributed by atoms with Crippen LogP contribution in [0.5, 0.6) is 0 Å². The first-order valence-electron chi connectivity index (χ1n) is 22.6. The van der Waals surface area contributed by atoms with Crippen LogP contribution in [0, 0.1) is 56.7 Å². The first-order valence-corrected chi connectivity index (χ1v) is 22.6. The lowest BCUT2D eigenvalue weighted by Crippen LogP contribution is -2.58. The lowest BCUT2D eigenvalue weighted by molar-refractivity contribution is -0.183. The molecule has 10 atom stereocenters. The Morgan fingerprint density at radius 3 is 2.25 bits per heavy atom. The van der Waals surface area contributed by atoms with Crippen LogP contribution in [0.3, 0.4) is 0 Å². The van der Waals surface area contributed by atoms with Gasteiger partial charge in [-0.3, -0.25) is 4.79 Å². The van der Waals surface area contributed by atoms with E-state index >= 15 is 0 Å². The average molecular weight is 719 g/mol. The predicted molar refractivity (Wildman–Crippen MR) is 220 cm³/mol. The minimum Gasteiger partial charge on any atom is -0.462 e. The molecule has 0 amide bonds. The van der Waals surface area contributed by atoms with Gasteiger partial charge in [-0.15, -0.1) is 0 Å². The minimum atomic E-state index is -0.313. The lowest BCUT2D eigenvalue weighted by atomic mass is 9.41. The predicted octanol–water partition coefficient (Wildman–Crippen LogP) is 13.8. The van der Waals surface area contributed by atoms with E-state index in [1.54, 1.807) is 0 Å². The van der Waals surface area contributed by atoms with Crippen LogP contribution >= 0.6 is 0 Å². The van der Waals surface area contributed by atoms with Crippen molar-refractivity contribution in [1.82, 2.24) is 0 Å². The Morgan fingerprint density at radius 2 is 1.50 bits per heavy atom. The quantitative estimate of drug-likeness (QED) is 0.0590. The molecule has 3 nitrogen and oxygen atoms in total. The van der Waals surface area contributed by atoms with Crippen LogP contribution in [0.2, 0.25) is 0 Å². The SMILES string of the molecule is C=C(CC[C@@H](C)[C@H]1CC[C@@]2(C)[C@@H]3CC[C@H]4C(C)(C)[C@@H](OC(=O)CCCCCCC/C=C\C=C\[C@@H](O)CCCCC)CC[C@@]45C[C@@]35CC[C@]12C)C(C)C. The summed E-state index contributed by atoms with van der Waals surface area (Å²) in [6.45, 7) is 24.2. The van der Waals surface area contributed by atoms with Gasteiger partial charge in [0.05, 0.1) is 6.10 Å². The van der Waals surface area contributed by atoms with Gasteiger partial charge in [-0.05, 0) is 148 Å². The number of esters is 1. The first kappa shape index (κ1) is 41.8. The molecule has 5 fully saturated rings. The molecule has 0 aromatic carbocycles. The number of unbranched alkanes of at least 4 members (excludes halogenated alkanes) is 7. The number of ether oxygens (including phenoxy) is 1. The monoisotopic (exact) mass is 719 g/mol. The van der Waals surface area contributed by atoms with E-state index in [0.29, 0.717) is 39.9 Å². The second-order valence-corrected chi connectivity index (χ2v) is 20.5. The second kappa shape index (κ2) is 17.2. The highest BCUT2D eigenvalue weighted by molar-refractivity contribution is 5.69. The van der Waals surface area contributed by atoms with Crippen molar-refractivity contribution in [2.45, 2.75) is 209 Å². The molecule has 5 rings (SSSR count). The molecule has 52 heavy (non-hydrogen) atoms. The van der Waals surface area contributed by atoms with E-state index in [9.17, 15) is 9.90 Å². The third-order valence-corrected chi connectivity index (χ3v) is 17.2. The summed E-state index contributed by atoms with van der Waals surface area (Å²) in [7, 11) is 0. The fourth-order valence-corrected chi connectivity index (χ4v) is 13.7. The highest BCUT2D eigenvalue weighted by Gasteiger charge is 2.82. The number of hydrogen-bond acceptors (Lipinski definition) is 3. The summed E-state index contributed by atoms with van der Waals surface area (Å²) < 4.78 is 6.40. The molecule has 296 valence electrons. The Bertz CT molecular complexity index is 1260. The minimum absolute atomic E-state index is 0.0452. The zero-order valence-electron chi connectivity index (χ0n) is 35.4. The molecule has 0 aromatic rings. The zero-order valence-corrected chi connectivity index (χ0v) is 35.4. The Hall–Kier alpha value is -1.35. The number of aliphatic hydroxyl groups is 1. The molecule has 0 saturated heterocycles. The van der Waals surface area contributed by atoms with E-state index in [0.717, 1.165) is 56.3 Å². The molecular formula is C49H82O3. The number of fused-ring (bicyclic) bond motifs is 2. The third-order valence-electron chi connectivity index (χ3n) is 17.2. The maximum atomic E-state index is 13.2. The molecule has 0 unspecified atom stereocenters. The van der Waals surface area contributed by atoms with Gasteiger partial charge in [0.25, 0.3) is 0 Å². The van der Waals surface area contributed by atoms with E-state index in [1.807, 2.05) is 12.2 Å². The average Bonchev–Trinajstić information content (AvgIpc) is 3.68. The van der Waals surface area contributed by atoms with Crippen LogP contribution in [-0.4, -0.2) is 23.3 Å². The van der Waals surface area contributed by atoms with Crippen LogP contribution in [0.1, 0.15) is 197 Å². The maximum absolute atomic E-state index is 13.2. The van der Waals surface area contributed by atoms with Gasteiger partial charge < -0.3 is 9.84 Å². The number of hydrogen-bond donors (Lipinski definition) is 1.